The molecular weight excluding hydrogens is 600 g/mol. The zero-order valence-corrected chi connectivity index (χ0v) is 28.4. The van der Waals surface area contributed by atoms with Crippen molar-refractivity contribution in [2.75, 3.05) is 70.6 Å². The maximum Gasteiger partial charge on any atom is 0.248 e. The average molecular weight is 653 g/mol. The van der Waals surface area contributed by atoms with Crippen molar-refractivity contribution in [1.82, 2.24) is 14.7 Å². The predicted octanol–water partition coefficient (Wildman–Crippen LogP) is 2.73. The molecule has 0 aromatic heterocycles. The zero-order valence-electron chi connectivity index (χ0n) is 28.4. The summed E-state index contributed by atoms with van der Waals surface area (Å²) in [6, 6.07) is 5.69. The van der Waals surface area contributed by atoms with E-state index in [0.717, 1.165) is 13.1 Å². The summed E-state index contributed by atoms with van der Waals surface area (Å²) in [6.07, 6.45) is 4.35. The number of hydrogen-bond donors (Lipinski definition) is 1. The summed E-state index contributed by atoms with van der Waals surface area (Å²) < 4.78 is 18.0. The van der Waals surface area contributed by atoms with Gasteiger partial charge in [-0.1, -0.05) is 26.0 Å². The number of likely N-dealkylation sites (tertiary alicyclic amines) is 1. The van der Waals surface area contributed by atoms with Crippen LogP contribution >= 0.6 is 0 Å². The van der Waals surface area contributed by atoms with Crippen LogP contribution in [0.25, 0.3) is 0 Å². The minimum Gasteiger partial charge on any atom is -0.494 e. The van der Waals surface area contributed by atoms with Gasteiger partial charge in [-0.15, -0.1) is 13.2 Å². The Labute approximate surface area is 279 Å². The number of morpholine rings is 1. The van der Waals surface area contributed by atoms with E-state index >= 15 is 0 Å². The number of fused-ring (bicyclic) bond motifs is 1. The average Bonchev–Trinajstić information content (AvgIpc) is 3.63. The molecular formula is C36H52N4O7. The molecule has 1 N–H and O–H groups in total. The highest BCUT2D eigenvalue weighted by atomic mass is 16.5. The van der Waals surface area contributed by atoms with Crippen LogP contribution in [0.1, 0.15) is 40.5 Å². The van der Waals surface area contributed by atoms with E-state index in [4.69, 9.17) is 14.2 Å². The van der Waals surface area contributed by atoms with Crippen LogP contribution in [0.3, 0.4) is 0 Å². The Morgan fingerprint density at radius 2 is 1.79 bits per heavy atom. The Hall–Kier alpha value is -3.25. The van der Waals surface area contributed by atoms with E-state index in [0.29, 0.717) is 63.7 Å². The lowest BCUT2D eigenvalue weighted by Crippen LogP contribution is -2.60. The summed E-state index contributed by atoms with van der Waals surface area (Å²) in [4.78, 5) is 51.5. The SMILES string of the molecule is C=CCN(CCN1CCOCC1)C(=O)C1N([C@@H](CO)C(C)C)C(=O)[C@@H]2[C@@H](C(=O)N(CC=C)c3ccc(OCC)cc3)[C@@]3(C)CCC12O3. The normalized spacial score (nSPS) is 29.1. The molecule has 258 valence electrons. The molecule has 5 rings (SSSR count). The van der Waals surface area contributed by atoms with Crippen molar-refractivity contribution in [3.63, 3.8) is 0 Å². The lowest BCUT2D eigenvalue weighted by Gasteiger charge is -2.41. The second-order valence-corrected chi connectivity index (χ2v) is 13.7. The van der Waals surface area contributed by atoms with Gasteiger partial charge >= 0.3 is 0 Å². The topological polar surface area (TPSA) is 112 Å². The van der Waals surface area contributed by atoms with Gasteiger partial charge in [-0.05, 0) is 56.9 Å². The number of benzene rings is 1. The van der Waals surface area contributed by atoms with Gasteiger partial charge in [0, 0.05) is 45.0 Å². The molecule has 0 radical (unpaired) electrons. The van der Waals surface area contributed by atoms with Crippen LogP contribution in [0.5, 0.6) is 5.75 Å². The van der Waals surface area contributed by atoms with Gasteiger partial charge < -0.3 is 34.0 Å². The number of aliphatic hydroxyl groups excluding tert-OH is 1. The van der Waals surface area contributed by atoms with Gasteiger partial charge in [0.25, 0.3) is 0 Å². The van der Waals surface area contributed by atoms with E-state index in [-0.39, 0.29) is 36.8 Å². The van der Waals surface area contributed by atoms with E-state index in [1.165, 1.54) is 0 Å². The molecule has 6 atom stereocenters. The highest BCUT2D eigenvalue weighted by Gasteiger charge is 2.79. The van der Waals surface area contributed by atoms with Crippen molar-refractivity contribution in [2.24, 2.45) is 17.8 Å². The van der Waals surface area contributed by atoms with E-state index in [9.17, 15) is 19.5 Å². The van der Waals surface area contributed by atoms with Gasteiger partial charge in [-0.3, -0.25) is 19.3 Å². The fraction of sp³-hybridized carbons (Fsp3) is 0.639. The number of amides is 3. The Bertz CT molecular complexity index is 1310. The summed E-state index contributed by atoms with van der Waals surface area (Å²) in [5.41, 5.74) is -1.50. The maximum absolute atomic E-state index is 14.8. The number of carbonyl (C=O) groups is 3. The highest BCUT2D eigenvalue weighted by molar-refractivity contribution is 6.03. The zero-order chi connectivity index (χ0) is 33.9. The van der Waals surface area contributed by atoms with E-state index in [1.54, 1.807) is 26.9 Å². The third-order valence-electron chi connectivity index (χ3n) is 10.5. The summed E-state index contributed by atoms with van der Waals surface area (Å²) in [5, 5.41) is 10.6. The maximum atomic E-state index is 14.8. The van der Waals surface area contributed by atoms with E-state index < -0.39 is 35.1 Å². The minimum atomic E-state index is -1.21. The minimum absolute atomic E-state index is 0.140. The van der Waals surface area contributed by atoms with Gasteiger partial charge in [0.05, 0.1) is 49.9 Å². The van der Waals surface area contributed by atoms with Crippen molar-refractivity contribution < 1.29 is 33.7 Å². The van der Waals surface area contributed by atoms with Crippen LogP contribution < -0.4 is 9.64 Å². The summed E-state index contributed by atoms with van der Waals surface area (Å²) in [5.74, 6) is -1.95. The van der Waals surface area contributed by atoms with Gasteiger partial charge in [0.2, 0.25) is 17.7 Å². The smallest absolute Gasteiger partial charge is 0.248 e. The molecule has 47 heavy (non-hydrogen) atoms. The van der Waals surface area contributed by atoms with Crippen LogP contribution in [0.15, 0.2) is 49.6 Å². The Balaban J connectivity index is 1.53. The van der Waals surface area contributed by atoms with Crippen LogP contribution in [-0.2, 0) is 23.9 Å². The number of aliphatic hydroxyl groups is 1. The van der Waals surface area contributed by atoms with Crippen molar-refractivity contribution >= 4 is 23.4 Å². The largest absolute Gasteiger partial charge is 0.494 e. The molecule has 0 saturated carbocycles. The first kappa shape index (κ1) is 35.1. The lowest BCUT2D eigenvalue weighted by atomic mass is 9.66. The molecule has 2 bridgehead atoms. The first-order valence-corrected chi connectivity index (χ1v) is 17.0. The van der Waals surface area contributed by atoms with E-state index in [2.05, 4.69) is 18.1 Å². The lowest BCUT2D eigenvalue weighted by molar-refractivity contribution is -0.155. The molecule has 2 unspecified atom stereocenters. The van der Waals surface area contributed by atoms with Crippen LogP contribution in [-0.4, -0.2) is 127 Å². The van der Waals surface area contributed by atoms with Gasteiger partial charge in [0.1, 0.15) is 17.4 Å². The van der Waals surface area contributed by atoms with Gasteiger partial charge in [-0.2, -0.15) is 0 Å². The fourth-order valence-corrected chi connectivity index (χ4v) is 8.21. The first-order valence-electron chi connectivity index (χ1n) is 17.0. The molecule has 4 heterocycles. The van der Waals surface area contributed by atoms with Crippen LogP contribution in [0.4, 0.5) is 5.69 Å². The number of nitrogens with zero attached hydrogens (tertiary/aromatic N) is 4. The Morgan fingerprint density at radius 3 is 2.38 bits per heavy atom. The number of rotatable bonds is 15. The van der Waals surface area contributed by atoms with Gasteiger partial charge in [0.15, 0.2) is 0 Å². The fourth-order valence-electron chi connectivity index (χ4n) is 8.21. The second kappa shape index (κ2) is 14.5. The second-order valence-electron chi connectivity index (χ2n) is 13.7. The molecule has 1 aromatic rings. The third-order valence-corrected chi connectivity index (χ3v) is 10.5. The molecule has 1 aromatic carbocycles. The Kier molecular flexibility index (Phi) is 10.8. The molecule has 11 heteroatoms. The molecule has 0 aliphatic carbocycles. The molecule has 4 aliphatic rings. The molecule has 11 nitrogen and oxygen atoms in total. The van der Waals surface area contributed by atoms with Gasteiger partial charge in [-0.25, -0.2) is 0 Å². The molecule has 4 fully saturated rings. The monoisotopic (exact) mass is 652 g/mol. The third kappa shape index (κ3) is 6.35. The number of hydrogen-bond acceptors (Lipinski definition) is 8. The number of anilines is 1. The summed E-state index contributed by atoms with van der Waals surface area (Å²) >= 11 is 0. The van der Waals surface area contributed by atoms with Crippen molar-refractivity contribution in [3.8, 4) is 5.75 Å². The van der Waals surface area contributed by atoms with Crippen LogP contribution in [0.2, 0.25) is 0 Å². The van der Waals surface area contributed by atoms with E-state index in [1.807, 2.05) is 52.0 Å². The summed E-state index contributed by atoms with van der Waals surface area (Å²) in [7, 11) is 0. The molecule has 4 saturated heterocycles. The van der Waals surface area contributed by atoms with Crippen molar-refractivity contribution in [2.45, 2.75) is 63.8 Å². The quantitative estimate of drug-likeness (QED) is 0.288. The van der Waals surface area contributed by atoms with Crippen molar-refractivity contribution in [3.05, 3.63) is 49.6 Å². The number of ether oxygens (including phenoxy) is 3. The van der Waals surface area contributed by atoms with Crippen molar-refractivity contribution in [1.29, 1.82) is 0 Å². The summed E-state index contributed by atoms with van der Waals surface area (Å²) in [6.45, 7) is 20.2. The standard InChI is InChI=1S/C36H52N4O7/c1-7-16-38(19-18-37-20-22-45-23-21-37)34(44)31-36-15-14-35(6,47-36)29(30(36)33(43)40(31)28(24-41)25(4)5)32(42)39(17-8-2)26-10-12-27(13-11-26)46-9-3/h7-8,10-13,25,28-31,41H,1-2,9,14-24H2,3-6H3/t28-,29-,30-,31?,35+,36?/m0/s1. The first-order chi connectivity index (χ1) is 22.6. The highest BCUT2D eigenvalue weighted by Crippen LogP contribution is 2.64. The molecule has 4 aliphatic heterocycles. The molecule has 3 amide bonds. The Morgan fingerprint density at radius 1 is 1.11 bits per heavy atom. The number of carbonyl (C=O) groups excluding carboxylic acids is 3. The predicted molar refractivity (Wildman–Crippen MR) is 179 cm³/mol. The molecule has 1 spiro atoms. The van der Waals surface area contributed by atoms with Crippen LogP contribution in [0, 0.1) is 17.8 Å².